The van der Waals surface area contributed by atoms with Crippen LogP contribution >= 0.6 is 24.0 Å². The van der Waals surface area contributed by atoms with Gasteiger partial charge in [0, 0.05) is 72.4 Å². The zero-order chi connectivity index (χ0) is 18.8. The van der Waals surface area contributed by atoms with Gasteiger partial charge in [0.15, 0.2) is 5.96 Å². The Hall–Kier alpha value is -0.610. The number of likely N-dealkylation sites (tertiary alicyclic amines) is 1. The topological polar surface area (TPSA) is 63.2 Å². The molecule has 7 nitrogen and oxygen atoms in total. The number of guanidine groups is 1. The summed E-state index contributed by atoms with van der Waals surface area (Å²) in [6.45, 7) is 12.7. The summed E-state index contributed by atoms with van der Waals surface area (Å²) in [6, 6.07) is 0.759. The smallest absolute Gasteiger partial charge is 0.219 e. The molecule has 1 atom stereocenters. The fourth-order valence-corrected chi connectivity index (χ4v) is 3.97. The standard InChI is InChI=1S/C19H38N6O.HI/c1-4-18-7-5-6-10-25(18)12-9-22-19(20-3)21-8-11-23-13-15-24(16-14-23)17(2)26;/h18H,4-16H2,1-3H3,(H2,20,21,22);1H. The van der Waals surface area contributed by atoms with E-state index in [4.69, 9.17) is 0 Å². The Morgan fingerprint density at radius 2 is 1.70 bits per heavy atom. The predicted molar refractivity (Wildman–Crippen MR) is 123 cm³/mol. The molecule has 0 saturated carbocycles. The molecule has 0 aliphatic carbocycles. The van der Waals surface area contributed by atoms with E-state index in [1.165, 1.54) is 32.2 Å². The van der Waals surface area contributed by atoms with Crippen molar-refractivity contribution >= 4 is 35.8 Å². The molecule has 2 N–H and O–H groups in total. The van der Waals surface area contributed by atoms with Gasteiger partial charge in [-0.15, -0.1) is 24.0 Å². The first-order chi connectivity index (χ1) is 12.6. The van der Waals surface area contributed by atoms with Crippen molar-refractivity contribution in [1.29, 1.82) is 0 Å². The molecule has 1 amide bonds. The van der Waals surface area contributed by atoms with Crippen molar-refractivity contribution in [2.24, 2.45) is 4.99 Å². The van der Waals surface area contributed by atoms with Crippen molar-refractivity contribution in [3.63, 3.8) is 0 Å². The molecule has 158 valence electrons. The number of carbonyl (C=O) groups is 1. The number of hydrogen-bond donors (Lipinski definition) is 2. The number of piperidine rings is 1. The molecule has 8 heteroatoms. The SMILES string of the molecule is CCC1CCCCN1CCNC(=NC)NCCN1CCN(C(C)=O)CC1.I. The summed E-state index contributed by atoms with van der Waals surface area (Å²) in [4.78, 5) is 22.7. The third kappa shape index (κ3) is 8.51. The Kier molecular flexibility index (Phi) is 12.3. The lowest BCUT2D eigenvalue weighted by molar-refractivity contribution is -0.130. The van der Waals surface area contributed by atoms with E-state index in [-0.39, 0.29) is 29.9 Å². The van der Waals surface area contributed by atoms with E-state index >= 15 is 0 Å². The second-order valence-electron chi connectivity index (χ2n) is 7.37. The van der Waals surface area contributed by atoms with E-state index < -0.39 is 0 Å². The number of hydrogen-bond acceptors (Lipinski definition) is 4. The highest BCUT2D eigenvalue weighted by Gasteiger charge is 2.20. The predicted octanol–water partition coefficient (Wildman–Crippen LogP) is 1.20. The molecule has 0 bridgehead atoms. The maximum Gasteiger partial charge on any atom is 0.219 e. The van der Waals surface area contributed by atoms with Crippen LogP contribution in [0.25, 0.3) is 0 Å². The van der Waals surface area contributed by atoms with Gasteiger partial charge in [0.1, 0.15) is 0 Å². The highest BCUT2D eigenvalue weighted by atomic mass is 127. The molecule has 2 fully saturated rings. The minimum atomic E-state index is 0. The van der Waals surface area contributed by atoms with Crippen LogP contribution in [-0.2, 0) is 4.79 Å². The summed E-state index contributed by atoms with van der Waals surface area (Å²) < 4.78 is 0. The molecule has 2 aliphatic heterocycles. The van der Waals surface area contributed by atoms with Gasteiger partial charge in [0.25, 0.3) is 0 Å². The summed E-state index contributed by atoms with van der Waals surface area (Å²) in [5.41, 5.74) is 0. The Bertz CT molecular complexity index is 453. The van der Waals surface area contributed by atoms with Crippen LogP contribution in [0.1, 0.15) is 39.5 Å². The van der Waals surface area contributed by atoms with E-state index in [1.54, 1.807) is 6.92 Å². The molecule has 0 aromatic carbocycles. The van der Waals surface area contributed by atoms with Gasteiger partial charge >= 0.3 is 0 Å². The number of carbonyl (C=O) groups excluding carboxylic acids is 1. The molecular weight excluding hydrogens is 455 g/mol. The Morgan fingerprint density at radius 3 is 2.30 bits per heavy atom. The van der Waals surface area contributed by atoms with Crippen LogP contribution in [-0.4, -0.2) is 98.6 Å². The van der Waals surface area contributed by atoms with Crippen molar-refractivity contribution in [1.82, 2.24) is 25.3 Å². The lowest BCUT2D eigenvalue weighted by Crippen LogP contribution is -2.50. The molecule has 0 aromatic heterocycles. The highest BCUT2D eigenvalue weighted by molar-refractivity contribution is 14.0. The van der Waals surface area contributed by atoms with Crippen LogP contribution in [0.2, 0.25) is 0 Å². The van der Waals surface area contributed by atoms with Gasteiger partial charge in [0.2, 0.25) is 5.91 Å². The Labute approximate surface area is 182 Å². The Morgan fingerprint density at radius 1 is 1.04 bits per heavy atom. The van der Waals surface area contributed by atoms with Crippen LogP contribution in [0.4, 0.5) is 0 Å². The van der Waals surface area contributed by atoms with Gasteiger partial charge in [0.05, 0.1) is 0 Å². The lowest BCUT2D eigenvalue weighted by atomic mass is 10.0. The lowest BCUT2D eigenvalue weighted by Gasteiger charge is -2.35. The first kappa shape index (κ1) is 24.4. The number of aliphatic imine (C=N–C) groups is 1. The van der Waals surface area contributed by atoms with Gasteiger partial charge in [-0.2, -0.15) is 0 Å². The monoisotopic (exact) mass is 494 g/mol. The minimum absolute atomic E-state index is 0. The number of nitrogens with zero attached hydrogens (tertiary/aromatic N) is 4. The van der Waals surface area contributed by atoms with Gasteiger partial charge in [-0.3, -0.25) is 19.6 Å². The number of amides is 1. The molecular formula is C19H39IN6O. The fourth-order valence-electron chi connectivity index (χ4n) is 3.97. The zero-order valence-electron chi connectivity index (χ0n) is 17.4. The highest BCUT2D eigenvalue weighted by Crippen LogP contribution is 2.18. The minimum Gasteiger partial charge on any atom is -0.355 e. The van der Waals surface area contributed by atoms with E-state index in [2.05, 4.69) is 32.3 Å². The van der Waals surface area contributed by atoms with Crippen molar-refractivity contribution < 1.29 is 4.79 Å². The van der Waals surface area contributed by atoms with Gasteiger partial charge in [-0.1, -0.05) is 13.3 Å². The van der Waals surface area contributed by atoms with Crippen molar-refractivity contribution in [2.75, 3.05) is 66.0 Å². The first-order valence-electron chi connectivity index (χ1n) is 10.3. The molecule has 0 aromatic rings. The summed E-state index contributed by atoms with van der Waals surface area (Å²) in [5, 5.41) is 6.86. The van der Waals surface area contributed by atoms with E-state index in [9.17, 15) is 4.79 Å². The summed E-state index contributed by atoms with van der Waals surface area (Å²) in [7, 11) is 1.83. The van der Waals surface area contributed by atoms with E-state index in [1.807, 2.05) is 11.9 Å². The quantitative estimate of drug-likeness (QED) is 0.317. The molecule has 2 rings (SSSR count). The van der Waals surface area contributed by atoms with Gasteiger partial charge in [-0.25, -0.2) is 0 Å². The van der Waals surface area contributed by atoms with Crippen molar-refractivity contribution in [3.8, 4) is 0 Å². The van der Waals surface area contributed by atoms with Gasteiger partial charge in [-0.05, 0) is 25.8 Å². The number of halogens is 1. The van der Waals surface area contributed by atoms with Crippen LogP contribution in [0.3, 0.4) is 0 Å². The Balaban J connectivity index is 0.00000364. The number of rotatable bonds is 7. The van der Waals surface area contributed by atoms with E-state index in [0.29, 0.717) is 0 Å². The van der Waals surface area contributed by atoms with Crippen LogP contribution in [0.15, 0.2) is 4.99 Å². The number of nitrogens with one attached hydrogen (secondary N) is 2. The summed E-state index contributed by atoms with van der Waals surface area (Å²) in [5.74, 6) is 1.07. The largest absolute Gasteiger partial charge is 0.355 e. The third-order valence-electron chi connectivity index (χ3n) is 5.67. The molecule has 0 radical (unpaired) electrons. The molecule has 0 spiro atoms. The van der Waals surface area contributed by atoms with Crippen molar-refractivity contribution in [3.05, 3.63) is 0 Å². The van der Waals surface area contributed by atoms with Gasteiger partial charge < -0.3 is 15.5 Å². The molecule has 2 heterocycles. The van der Waals surface area contributed by atoms with Crippen LogP contribution < -0.4 is 10.6 Å². The summed E-state index contributed by atoms with van der Waals surface area (Å²) >= 11 is 0. The molecule has 2 aliphatic rings. The maximum atomic E-state index is 11.4. The second-order valence-corrected chi connectivity index (χ2v) is 7.37. The summed E-state index contributed by atoms with van der Waals surface area (Å²) in [6.07, 6.45) is 5.32. The molecule has 27 heavy (non-hydrogen) atoms. The van der Waals surface area contributed by atoms with Crippen LogP contribution in [0, 0.1) is 0 Å². The number of piperazine rings is 1. The maximum absolute atomic E-state index is 11.4. The second kappa shape index (κ2) is 13.5. The fraction of sp³-hybridized carbons (Fsp3) is 0.895. The van der Waals surface area contributed by atoms with Crippen molar-refractivity contribution in [2.45, 2.75) is 45.6 Å². The third-order valence-corrected chi connectivity index (χ3v) is 5.67. The van der Waals surface area contributed by atoms with E-state index in [0.717, 1.165) is 64.4 Å². The average Bonchev–Trinajstić information content (AvgIpc) is 2.67. The normalized spacial score (nSPS) is 22.3. The van der Waals surface area contributed by atoms with Crippen LogP contribution in [0.5, 0.6) is 0 Å². The zero-order valence-corrected chi connectivity index (χ0v) is 19.7. The molecule has 2 saturated heterocycles. The average molecular weight is 494 g/mol. The molecule has 1 unspecified atom stereocenters. The first-order valence-corrected chi connectivity index (χ1v) is 10.3.